The summed E-state index contributed by atoms with van der Waals surface area (Å²) in [6.07, 6.45) is 7.01. The smallest absolute Gasteiger partial charge is 0.123 e. The van der Waals surface area contributed by atoms with E-state index < -0.39 is 0 Å². The molecule has 1 atom stereocenters. The number of imidazole rings is 1. The Morgan fingerprint density at radius 1 is 1.42 bits per heavy atom. The van der Waals surface area contributed by atoms with Crippen LogP contribution in [-0.4, -0.2) is 37.7 Å². The minimum Gasteiger partial charge on any atom is -0.331 e. The zero-order chi connectivity index (χ0) is 13.2. The van der Waals surface area contributed by atoms with Crippen LogP contribution in [0.5, 0.6) is 0 Å². The van der Waals surface area contributed by atoms with Gasteiger partial charge in [-0.25, -0.2) is 4.98 Å². The van der Waals surface area contributed by atoms with Crippen molar-refractivity contribution >= 4 is 0 Å². The topological polar surface area (TPSA) is 49.7 Å². The number of likely N-dealkylation sites (tertiary alicyclic amines) is 1. The third-order valence-corrected chi connectivity index (χ3v) is 3.90. The Kier molecular flexibility index (Phi) is 3.38. The van der Waals surface area contributed by atoms with E-state index in [0.717, 1.165) is 19.6 Å². The van der Waals surface area contributed by atoms with Gasteiger partial charge in [-0.1, -0.05) is 0 Å². The van der Waals surface area contributed by atoms with Gasteiger partial charge in [0, 0.05) is 42.8 Å². The lowest BCUT2D eigenvalue weighted by Crippen LogP contribution is -2.22. The molecule has 1 N–H and O–H groups in total. The standard InChI is InChI=1S/C14H21N5/c1-11(2)19-8-6-15-14(19)10-18-7-4-12(9-18)13-3-5-16-17-13/h3,5-6,8,11-12H,4,7,9-10H2,1-2H3,(H,16,17). The number of aromatic nitrogens is 4. The van der Waals surface area contributed by atoms with Crippen molar-refractivity contribution < 1.29 is 0 Å². The molecule has 2 aromatic rings. The molecule has 5 nitrogen and oxygen atoms in total. The molecule has 0 aliphatic carbocycles. The summed E-state index contributed by atoms with van der Waals surface area (Å²) >= 11 is 0. The van der Waals surface area contributed by atoms with Gasteiger partial charge in [0.1, 0.15) is 5.82 Å². The first-order chi connectivity index (χ1) is 9.24. The summed E-state index contributed by atoms with van der Waals surface area (Å²) in [4.78, 5) is 6.97. The van der Waals surface area contributed by atoms with Gasteiger partial charge in [0.15, 0.2) is 0 Å². The first kappa shape index (κ1) is 12.4. The van der Waals surface area contributed by atoms with Gasteiger partial charge in [-0.3, -0.25) is 10.00 Å². The zero-order valence-corrected chi connectivity index (χ0v) is 11.6. The molecule has 5 heteroatoms. The van der Waals surface area contributed by atoms with E-state index in [9.17, 15) is 0 Å². The van der Waals surface area contributed by atoms with Crippen LogP contribution in [-0.2, 0) is 6.54 Å². The highest BCUT2D eigenvalue weighted by Gasteiger charge is 2.25. The molecule has 2 aromatic heterocycles. The van der Waals surface area contributed by atoms with Crippen LogP contribution in [0.1, 0.15) is 43.7 Å². The lowest BCUT2D eigenvalue weighted by atomic mass is 10.1. The van der Waals surface area contributed by atoms with Crippen LogP contribution in [0.15, 0.2) is 24.7 Å². The molecule has 102 valence electrons. The second kappa shape index (κ2) is 5.17. The lowest BCUT2D eigenvalue weighted by molar-refractivity contribution is 0.309. The molecule has 0 aromatic carbocycles. The molecule has 0 spiro atoms. The van der Waals surface area contributed by atoms with Crippen molar-refractivity contribution in [1.29, 1.82) is 0 Å². The van der Waals surface area contributed by atoms with Crippen LogP contribution in [0.3, 0.4) is 0 Å². The van der Waals surface area contributed by atoms with Gasteiger partial charge in [-0.15, -0.1) is 0 Å². The van der Waals surface area contributed by atoms with E-state index in [2.05, 4.69) is 50.8 Å². The van der Waals surface area contributed by atoms with E-state index in [1.165, 1.54) is 17.9 Å². The van der Waals surface area contributed by atoms with Crippen molar-refractivity contribution in [2.24, 2.45) is 0 Å². The van der Waals surface area contributed by atoms with Crippen LogP contribution in [0, 0.1) is 0 Å². The molecule has 0 bridgehead atoms. The molecule has 3 heterocycles. The Balaban J connectivity index is 1.64. The molecular formula is C14H21N5. The highest BCUT2D eigenvalue weighted by Crippen LogP contribution is 2.26. The second-order valence-corrected chi connectivity index (χ2v) is 5.58. The lowest BCUT2D eigenvalue weighted by Gasteiger charge is -2.18. The van der Waals surface area contributed by atoms with Gasteiger partial charge >= 0.3 is 0 Å². The van der Waals surface area contributed by atoms with Crippen molar-refractivity contribution in [3.8, 4) is 0 Å². The first-order valence-corrected chi connectivity index (χ1v) is 6.97. The molecule has 1 aliphatic rings. The van der Waals surface area contributed by atoms with Crippen molar-refractivity contribution in [1.82, 2.24) is 24.6 Å². The number of hydrogen-bond acceptors (Lipinski definition) is 3. The molecule has 3 rings (SSSR count). The van der Waals surface area contributed by atoms with Gasteiger partial charge in [0.25, 0.3) is 0 Å². The maximum absolute atomic E-state index is 4.49. The Morgan fingerprint density at radius 3 is 3.05 bits per heavy atom. The predicted molar refractivity (Wildman–Crippen MR) is 73.8 cm³/mol. The third kappa shape index (κ3) is 2.56. The number of rotatable bonds is 4. The number of nitrogens with zero attached hydrogens (tertiary/aromatic N) is 4. The van der Waals surface area contributed by atoms with E-state index in [0.29, 0.717) is 12.0 Å². The average molecular weight is 259 g/mol. The van der Waals surface area contributed by atoms with E-state index >= 15 is 0 Å². The highest BCUT2D eigenvalue weighted by atomic mass is 15.2. The summed E-state index contributed by atoms with van der Waals surface area (Å²) < 4.78 is 2.25. The molecule has 1 saturated heterocycles. The number of nitrogens with one attached hydrogen (secondary N) is 1. The van der Waals surface area contributed by atoms with E-state index in [1.807, 2.05) is 12.4 Å². The Hall–Kier alpha value is -1.62. The number of H-pyrrole nitrogens is 1. The normalized spacial score (nSPS) is 20.5. The van der Waals surface area contributed by atoms with Gasteiger partial charge in [-0.2, -0.15) is 5.10 Å². The van der Waals surface area contributed by atoms with Gasteiger partial charge in [-0.05, 0) is 32.9 Å². The van der Waals surface area contributed by atoms with Crippen molar-refractivity contribution in [3.05, 3.63) is 36.2 Å². The molecule has 0 amide bonds. The monoisotopic (exact) mass is 259 g/mol. The molecule has 1 unspecified atom stereocenters. The molecule has 0 saturated carbocycles. The van der Waals surface area contributed by atoms with Crippen LogP contribution in [0.25, 0.3) is 0 Å². The highest BCUT2D eigenvalue weighted by molar-refractivity contribution is 5.09. The molecule has 1 fully saturated rings. The number of aromatic amines is 1. The Bertz CT molecular complexity index is 514. The molecular weight excluding hydrogens is 238 g/mol. The summed E-state index contributed by atoms with van der Waals surface area (Å²) in [7, 11) is 0. The predicted octanol–water partition coefficient (Wildman–Crippen LogP) is 2.18. The number of hydrogen-bond donors (Lipinski definition) is 1. The minimum atomic E-state index is 0.475. The van der Waals surface area contributed by atoms with Crippen molar-refractivity contribution in [2.45, 2.75) is 38.8 Å². The fourth-order valence-corrected chi connectivity index (χ4v) is 2.86. The quantitative estimate of drug-likeness (QED) is 0.915. The summed E-state index contributed by atoms with van der Waals surface area (Å²) in [5.74, 6) is 1.75. The third-order valence-electron chi connectivity index (χ3n) is 3.90. The van der Waals surface area contributed by atoms with Gasteiger partial charge in [0.2, 0.25) is 0 Å². The van der Waals surface area contributed by atoms with Crippen LogP contribution in [0.4, 0.5) is 0 Å². The van der Waals surface area contributed by atoms with Crippen LogP contribution in [0.2, 0.25) is 0 Å². The zero-order valence-electron chi connectivity index (χ0n) is 11.6. The van der Waals surface area contributed by atoms with E-state index in [4.69, 9.17) is 0 Å². The average Bonchev–Trinajstić information content (AvgIpc) is 3.09. The Labute approximate surface area is 113 Å². The summed E-state index contributed by atoms with van der Waals surface area (Å²) in [6, 6.07) is 2.56. The molecule has 1 aliphatic heterocycles. The maximum atomic E-state index is 4.49. The summed E-state index contributed by atoms with van der Waals surface area (Å²) in [5.41, 5.74) is 1.26. The SMILES string of the molecule is CC(C)n1ccnc1CN1CCC(c2ccn[nH]2)C1. The second-order valence-electron chi connectivity index (χ2n) is 5.58. The fourth-order valence-electron chi connectivity index (χ4n) is 2.86. The van der Waals surface area contributed by atoms with Gasteiger partial charge < -0.3 is 4.57 Å². The summed E-state index contributed by atoms with van der Waals surface area (Å²) in [5, 5.41) is 7.14. The fraction of sp³-hybridized carbons (Fsp3) is 0.571. The Morgan fingerprint density at radius 2 is 2.32 bits per heavy atom. The van der Waals surface area contributed by atoms with Crippen molar-refractivity contribution in [2.75, 3.05) is 13.1 Å². The van der Waals surface area contributed by atoms with E-state index in [-0.39, 0.29) is 0 Å². The molecule has 0 radical (unpaired) electrons. The summed E-state index contributed by atoms with van der Waals surface area (Å²) in [6.45, 7) is 7.56. The van der Waals surface area contributed by atoms with Gasteiger partial charge in [0.05, 0.1) is 6.54 Å². The maximum Gasteiger partial charge on any atom is 0.123 e. The minimum absolute atomic E-state index is 0.475. The van der Waals surface area contributed by atoms with E-state index in [1.54, 1.807) is 0 Å². The van der Waals surface area contributed by atoms with Crippen molar-refractivity contribution in [3.63, 3.8) is 0 Å². The largest absolute Gasteiger partial charge is 0.331 e. The van der Waals surface area contributed by atoms with Crippen LogP contribution >= 0.6 is 0 Å². The molecule has 19 heavy (non-hydrogen) atoms. The van der Waals surface area contributed by atoms with Crippen LogP contribution < -0.4 is 0 Å². The first-order valence-electron chi connectivity index (χ1n) is 6.97.